The number of aromatic hydroxyl groups is 1. The van der Waals surface area contributed by atoms with Gasteiger partial charge in [0.05, 0.1) is 10.0 Å². The molecule has 0 aliphatic heterocycles. The molecule has 0 aliphatic carbocycles. The quantitative estimate of drug-likeness (QED) is 0.836. The van der Waals surface area contributed by atoms with Crippen molar-refractivity contribution in [2.45, 2.75) is 4.90 Å². The van der Waals surface area contributed by atoms with E-state index >= 15 is 0 Å². The second-order valence-corrected chi connectivity index (χ2v) is 7.39. The predicted molar refractivity (Wildman–Crippen MR) is 73.2 cm³/mol. The largest absolute Gasteiger partial charge is 0.506 e. The number of hydrogen-bond donors (Lipinski definition) is 2. The maximum atomic E-state index is 13.0. The van der Waals surface area contributed by atoms with Crippen LogP contribution in [0.25, 0.3) is 0 Å². The Hall–Kier alpha value is -1.02. The number of thiophene rings is 1. The number of hydrogen-bond acceptors (Lipinski definition) is 4. The Morgan fingerprint density at radius 2 is 1.95 bits per heavy atom. The van der Waals surface area contributed by atoms with Gasteiger partial charge in [0, 0.05) is 6.07 Å². The maximum absolute atomic E-state index is 13.0. The van der Waals surface area contributed by atoms with Crippen LogP contribution in [-0.2, 0) is 10.0 Å². The van der Waals surface area contributed by atoms with Gasteiger partial charge in [-0.3, -0.25) is 4.72 Å². The van der Waals surface area contributed by atoms with Gasteiger partial charge in [-0.25, -0.2) is 12.8 Å². The van der Waals surface area contributed by atoms with Crippen LogP contribution in [0.15, 0.2) is 29.2 Å². The summed E-state index contributed by atoms with van der Waals surface area (Å²) in [6, 6.07) is 4.07. The molecule has 1 aromatic heterocycles. The third-order valence-corrected chi connectivity index (χ3v) is 5.24. The fourth-order valence-electron chi connectivity index (χ4n) is 1.30. The number of sulfonamides is 1. The van der Waals surface area contributed by atoms with Gasteiger partial charge in [-0.15, -0.1) is 11.3 Å². The van der Waals surface area contributed by atoms with Crippen molar-refractivity contribution in [2.75, 3.05) is 4.72 Å². The van der Waals surface area contributed by atoms with Gasteiger partial charge in [0.25, 0.3) is 10.0 Å². The second-order valence-electron chi connectivity index (χ2n) is 3.46. The minimum atomic E-state index is -4.05. The molecule has 102 valence electrons. The molecule has 0 fully saturated rings. The van der Waals surface area contributed by atoms with E-state index in [0.29, 0.717) is 0 Å². The summed E-state index contributed by atoms with van der Waals surface area (Å²) in [6.45, 7) is 0. The highest BCUT2D eigenvalue weighted by atomic mass is 35.5. The standard InChI is InChI=1S/C10H6Cl2FNO3S2/c11-9-4-8(10(12)18-9)19(16,17)14-6-3-5(13)1-2-7(6)15/h1-4,14-15H. The Labute approximate surface area is 122 Å². The highest BCUT2D eigenvalue weighted by Crippen LogP contribution is 2.36. The summed E-state index contributed by atoms with van der Waals surface area (Å²) in [5.74, 6) is -1.09. The Kier molecular flexibility index (Phi) is 3.91. The van der Waals surface area contributed by atoms with Gasteiger partial charge in [-0.2, -0.15) is 0 Å². The van der Waals surface area contributed by atoms with E-state index in [4.69, 9.17) is 23.2 Å². The zero-order valence-electron chi connectivity index (χ0n) is 9.02. The molecule has 0 radical (unpaired) electrons. The first-order valence-corrected chi connectivity index (χ1v) is 7.81. The summed E-state index contributed by atoms with van der Waals surface area (Å²) in [4.78, 5) is -0.229. The van der Waals surface area contributed by atoms with Crippen LogP contribution in [0.4, 0.5) is 10.1 Å². The van der Waals surface area contributed by atoms with Crippen LogP contribution in [-0.4, -0.2) is 13.5 Å². The molecular formula is C10H6Cl2FNO3S2. The van der Waals surface area contributed by atoms with Gasteiger partial charge in [0.15, 0.2) is 0 Å². The van der Waals surface area contributed by atoms with Crippen molar-refractivity contribution in [1.82, 2.24) is 0 Å². The van der Waals surface area contributed by atoms with Crippen LogP contribution in [0.3, 0.4) is 0 Å². The van der Waals surface area contributed by atoms with Crippen molar-refractivity contribution >= 4 is 50.2 Å². The minimum absolute atomic E-state index is 0.0200. The lowest BCUT2D eigenvalue weighted by atomic mass is 10.3. The maximum Gasteiger partial charge on any atom is 0.264 e. The van der Waals surface area contributed by atoms with E-state index in [1.54, 1.807) is 0 Å². The predicted octanol–water partition coefficient (Wildman–Crippen LogP) is 3.70. The van der Waals surface area contributed by atoms with Crippen molar-refractivity contribution in [3.8, 4) is 5.75 Å². The fraction of sp³-hybridized carbons (Fsp3) is 0. The summed E-state index contributed by atoms with van der Waals surface area (Å²) in [6.07, 6.45) is 0. The SMILES string of the molecule is O=S(=O)(Nc1cc(F)ccc1O)c1cc(Cl)sc1Cl. The minimum Gasteiger partial charge on any atom is -0.506 e. The summed E-state index contributed by atoms with van der Waals surface area (Å²) >= 11 is 12.3. The van der Waals surface area contributed by atoms with Gasteiger partial charge in [-0.05, 0) is 18.2 Å². The molecule has 1 heterocycles. The van der Waals surface area contributed by atoms with Crippen LogP contribution in [0.1, 0.15) is 0 Å². The number of nitrogens with one attached hydrogen (secondary N) is 1. The van der Waals surface area contributed by atoms with Crippen molar-refractivity contribution in [3.05, 3.63) is 38.8 Å². The molecule has 0 spiro atoms. The normalized spacial score (nSPS) is 11.5. The Morgan fingerprint density at radius 3 is 2.53 bits per heavy atom. The highest BCUT2D eigenvalue weighted by molar-refractivity contribution is 7.93. The van der Waals surface area contributed by atoms with Crippen molar-refractivity contribution in [1.29, 1.82) is 0 Å². The number of anilines is 1. The monoisotopic (exact) mass is 341 g/mol. The van der Waals surface area contributed by atoms with E-state index in [2.05, 4.69) is 0 Å². The van der Waals surface area contributed by atoms with E-state index < -0.39 is 21.6 Å². The van der Waals surface area contributed by atoms with Crippen molar-refractivity contribution in [2.24, 2.45) is 0 Å². The van der Waals surface area contributed by atoms with Gasteiger partial charge < -0.3 is 5.11 Å². The van der Waals surface area contributed by atoms with Crippen LogP contribution in [0, 0.1) is 5.82 Å². The first-order valence-electron chi connectivity index (χ1n) is 4.76. The number of halogens is 3. The van der Waals surface area contributed by atoms with Crippen molar-refractivity contribution < 1.29 is 17.9 Å². The number of phenolic OH excluding ortho intramolecular Hbond substituents is 1. The number of rotatable bonds is 3. The summed E-state index contributed by atoms with van der Waals surface area (Å²) in [5, 5.41) is 9.47. The Morgan fingerprint density at radius 1 is 1.26 bits per heavy atom. The number of phenols is 1. The van der Waals surface area contributed by atoms with E-state index in [9.17, 15) is 17.9 Å². The van der Waals surface area contributed by atoms with E-state index in [1.165, 1.54) is 6.07 Å². The van der Waals surface area contributed by atoms with Crippen LogP contribution >= 0.6 is 34.5 Å². The molecule has 0 atom stereocenters. The molecule has 0 saturated carbocycles. The van der Waals surface area contributed by atoms with Crippen molar-refractivity contribution in [3.63, 3.8) is 0 Å². The first kappa shape index (κ1) is 14.4. The first-order chi connectivity index (χ1) is 8.79. The lowest BCUT2D eigenvalue weighted by molar-refractivity contribution is 0.475. The van der Waals surface area contributed by atoms with E-state index in [-0.39, 0.29) is 19.3 Å². The third kappa shape index (κ3) is 3.11. The summed E-state index contributed by atoms with van der Waals surface area (Å²) < 4.78 is 39.3. The number of benzene rings is 1. The Bertz CT molecular complexity index is 730. The average molecular weight is 342 g/mol. The molecule has 0 unspecified atom stereocenters. The molecule has 9 heteroatoms. The molecule has 19 heavy (non-hydrogen) atoms. The zero-order chi connectivity index (χ0) is 14.2. The summed E-state index contributed by atoms with van der Waals surface area (Å²) in [5.41, 5.74) is -0.279. The lowest BCUT2D eigenvalue weighted by Crippen LogP contribution is -2.12. The van der Waals surface area contributed by atoms with Crippen LogP contribution < -0.4 is 4.72 Å². The average Bonchev–Trinajstić information content (AvgIpc) is 2.63. The molecule has 0 aliphatic rings. The molecule has 2 aromatic rings. The molecule has 2 N–H and O–H groups in total. The van der Waals surface area contributed by atoms with E-state index in [0.717, 1.165) is 29.5 Å². The fourth-order valence-corrected chi connectivity index (χ4v) is 4.51. The molecule has 0 saturated heterocycles. The van der Waals surface area contributed by atoms with Gasteiger partial charge in [0.1, 0.15) is 20.8 Å². The second kappa shape index (κ2) is 5.16. The smallest absolute Gasteiger partial charge is 0.264 e. The zero-order valence-corrected chi connectivity index (χ0v) is 12.2. The molecule has 2 rings (SSSR count). The molecule has 0 amide bonds. The van der Waals surface area contributed by atoms with Crippen LogP contribution in [0.5, 0.6) is 5.75 Å². The van der Waals surface area contributed by atoms with Gasteiger partial charge >= 0.3 is 0 Å². The van der Waals surface area contributed by atoms with Gasteiger partial charge in [0.2, 0.25) is 0 Å². The van der Waals surface area contributed by atoms with E-state index in [1.807, 2.05) is 4.72 Å². The lowest BCUT2D eigenvalue weighted by Gasteiger charge is -2.08. The molecule has 4 nitrogen and oxygen atoms in total. The molecule has 0 bridgehead atoms. The van der Waals surface area contributed by atoms with Gasteiger partial charge in [-0.1, -0.05) is 23.2 Å². The summed E-state index contributed by atoms with van der Waals surface area (Å²) in [7, 11) is -4.05. The third-order valence-electron chi connectivity index (χ3n) is 2.12. The highest BCUT2D eigenvalue weighted by Gasteiger charge is 2.22. The van der Waals surface area contributed by atoms with Crippen LogP contribution in [0.2, 0.25) is 8.67 Å². The Balaban J connectivity index is 2.42. The molecular weight excluding hydrogens is 336 g/mol. The topological polar surface area (TPSA) is 66.4 Å². The molecule has 1 aromatic carbocycles.